The molecule has 0 saturated carbocycles. The van der Waals surface area contributed by atoms with Crippen molar-refractivity contribution in [1.29, 1.82) is 0 Å². The van der Waals surface area contributed by atoms with Crippen molar-refractivity contribution in [1.82, 2.24) is 10.0 Å². The molecule has 0 amide bonds. The third kappa shape index (κ3) is 5.22. The lowest BCUT2D eigenvalue weighted by Gasteiger charge is -2.23. The molecule has 0 bridgehead atoms. The normalized spacial score (nSPS) is 22.3. The lowest BCUT2D eigenvalue weighted by atomic mass is 10.0. The second kappa shape index (κ2) is 6.83. The fourth-order valence-electron chi connectivity index (χ4n) is 2.50. The van der Waals surface area contributed by atoms with E-state index in [4.69, 9.17) is 0 Å². The number of thiophene rings is 1. The molecule has 0 aliphatic carbocycles. The minimum atomic E-state index is -3.17. The monoisotopic (exact) mass is 302 g/mol. The first kappa shape index (κ1) is 15.0. The largest absolute Gasteiger partial charge is 0.316 e. The van der Waals surface area contributed by atoms with Gasteiger partial charge in [-0.1, -0.05) is 6.07 Å². The van der Waals surface area contributed by atoms with E-state index >= 15 is 0 Å². The van der Waals surface area contributed by atoms with Crippen LogP contribution in [0, 0.1) is 5.92 Å². The number of piperidine rings is 1. The predicted octanol–water partition coefficient (Wildman–Crippen LogP) is 1.60. The fourth-order valence-corrected chi connectivity index (χ4v) is 5.04. The molecule has 0 spiro atoms. The molecule has 1 aromatic heterocycles. The number of hydrogen-bond donors (Lipinski definition) is 2. The Hall–Kier alpha value is -0.430. The molecule has 2 rings (SSSR count). The molecule has 2 N–H and O–H groups in total. The van der Waals surface area contributed by atoms with Crippen molar-refractivity contribution in [2.75, 3.05) is 18.8 Å². The Morgan fingerprint density at radius 3 is 3.05 bits per heavy atom. The smallest absolute Gasteiger partial charge is 0.212 e. The van der Waals surface area contributed by atoms with Gasteiger partial charge in [-0.15, -0.1) is 11.3 Å². The summed E-state index contributed by atoms with van der Waals surface area (Å²) in [7, 11) is -3.17. The molecule has 6 heteroatoms. The van der Waals surface area contributed by atoms with Gasteiger partial charge in [0.1, 0.15) is 0 Å². The molecular weight excluding hydrogens is 280 g/mol. The van der Waals surface area contributed by atoms with Crippen LogP contribution in [0.25, 0.3) is 0 Å². The van der Waals surface area contributed by atoms with Crippen molar-refractivity contribution in [2.24, 2.45) is 5.92 Å². The van der Waals surface area contributed by atoms with Gasteiger partial charge in [-0.05, 0) is 56.6 Å². The Morgan fingerprint density at radius 1 is 1.58 bits per heavy atom. The number of rotatable bonds is 6. The van der Waals surface area contributed by atoms with E-state index < -0.39 is 10.0 Å². The van der Waals surface area contributed by atoms with E-state index in [2.05, 4.69) is 10.0 Å². The molecule has 2 unspecified atom stereocenters. The Bertz CT molecular complexity index is 465. The van der Waals surface area contributed by atoms with Crippen LogP contribution in [0.3, 0.4) is 0 Å². The van der Waals surface area contributed by atoms with E-state index in [1.807, 2.05) is 24.4 Å². The molecule has 0 radical (unpaired) electrons. The van der Waals surface area contributed by atoms with Gasteiger partial charge >= 0.3 is 0 Å². The van der Waals surface area contributed by atoms with Crippen molar-refractivity contribution in [3.63, 3.8) is 0 Å². The van der Waals surface area contributed by atoms with Gasteiger partial charge in [-0.2, -0.15) is 0 Å². The highest BCUT2D eigenvalue weighted by atomic mass is 32.2. The number of sulfonamides is 1. The summed E-state index contributed by atoms with van der Waals surface area (Å²) in [4.78, 5) is 1.22. The van der Waals surface area contributed by atoms with Gasteiger partial charge in [0.05, 0.1) is 5.75 Å². The Morgan fingerprint density at radius 2 is 2.42 bits per heavy atom. The molecule has 1 aliphatic heterocycles. The van der Waals surface area contributed by atoms with Gasteiger partial charge in [-0.3, -0.25) is 0 Å². The van der Waals surface area contributed by atoms with Crippen LogP contribution in [0.15, 0.2) is 17.5 Å². The summed E-state index contributed by atoms with van der Waals surface area (Å²) in [6, 6.07) is 4.00. The predicted molar refractivity (Wildman–Crippen MR) is 80.0 cm³/mol. The minimum Gasteiger partial charge on any atom is -0.316 e. The Balaban J connectivity index is 1.82. The van der Waals surface area contributed by atoms with Crippen LogP contribution in [0.4, 0.5) is 0 Å². The molecule has 1 fully saturated rings. The molecule has 0 aromatic carbocycles. The highest BCUT2D eigenvalue weighted by Crippen LogP contribution is 2.14. The van der Waals surface area contributed by atoms with Gasteiger partial charge in [0, 0.05) is 10.9 Å². The fraction of sp³-hybridized carbons (Fsp3) is 0.692. The molecular formula is C13H22N2O2S2. The molecule has 1 saturated heterocycles. The van der Waals surface area contributed by atoms with Gasteiger partial charge in [-0.25, -0.2) is 13.1 Å². The van der Waals surface area contributed by atoms with Crippen LogP contribution >= 0.6 is 11.3 Å². The van der Waals surface area contributed by atoms with Crippen LogP contribution in [-0.2, 0) is 16.4 Å². The molecule has 1 aromatic rings. The van der Waals surface area contributed by atoms with Gasteiger partial charge in [0.15, 0.2) is 0 Å². The zero-order chi connectivity index (χ0) is 13.7. The average Bonchev–Trinajstić information content (AvgIpc) is 2.81. The molecule has 19 heavy (non-hydrogen) atoms. The summed E-state index contributed by atoms with van der Waals surface area (Å²) in [5.74, 6) is 0.495. The van der Waals surface area contributed by atoms with Crippen molar-refractivity contribution in [3.05, 3.63) is 22.4 Å². The SMILES string of the molecule is CC(Cc1cccs1)NS(=O)(=O)CC1CCCNC1. The Labute approximate surface area is 119 Å². The lowest BCUT2D eigenvalue weighted by molar-refractivity contribution is 0.402. The van der Waals surface area contributed by atoms with Gasteiger partial charge in [0.25, 0.3) is 0 Å². The summed E-state index contributed by atoms with van der Waals surface area (Å²) >= 11 is 1.67. The molecule has 1 aliphatic rings. The van der Waals surface area contributed by atoms with Crippen LogP contribution in [0.2, 0.25) is 0 Å². The van der Waals surface area contributed by atoms with E-state index in [0.717, 1.165) is 32.4 Å². The molecule has 2 atom stereocenters. The van der Waals surface area contributed by atoms with Crippen LogP contribution < -0.4 is 10.0 Å². The zero-order valence-corrected chi connectivity index (χ0v) is 12.9. The van der Waals surface area contributed by atoms with Gasteiger partial charge < -0.3 is 5.32 Å². The van der Waals surface area contributed by atoms with Crippen molar-refractivity contribution < 1.29 is 8.42 Å². The standard InChI is InChI=1S/C13H22N2O2S2/c1-11(8-13-5-3-7-18-13)15-19(16,17)10-12-4-2-6-14-9-12/h3,5,7,11-12,14-15H,2,4,6,8-10H2,1H3. The minimum absolute atomic E-state index is 0.0415. The van der Waals surface area contributed by atoms with E-state index in [0.29, 0.717) is 0 Å². The maximum atomic E-state index is 12.1. The van der Waals surface area contributed by atoms with Crippen LogP contribution in [0.5, 0.6) is 0 Å². The first-order valence-electron chi connectivity index (χ1n) is 6.78. The molecule has 108 valence electrons. The quantitative estimate of drug-likeness (QED) is 0.839. The number of hydrogen-bond acceptors (Lipinski definition) is 4. The Kier molecular flexibility index (Phi) is 5.38. The molecule has 4 nitrogen and oxygen atoms in total. The maximum Gasteiger partial charge on any atom is 0.212 e. The lowest BCUT2D eigenvalue weighted by Crippen LogP contribution is -2.41. The first-order chi connectivity index (χ1) is 9.05. The maximum absolute atomic E-state index is 12.1. The second-order valence-corrected chi connectivity index (χ2v) is 8.13. The zero-order valence-electron chi connectivity index (χ0n) is 11.3. The summed E-state index contributed by atoms with van der Waals surface area (Å²) in [6.45, 7) is 3.76. The summed E-state index contributed by atoms with van der Waals surface area (Å²) in [6.07, 6.45) is 2.85. The van der Waals surface area contributed by atoms with Crippen molar-refractivity contribution in [3.8, 4) is 0 Å². The third-order valence-electron chi connectivity index (χ3n) is 3.32. The topological polar surface area (TPSA) is 58.2 Å². The summed E-state index contributed by atoms with van der Waals surface area (Å²) < 4.78 is 27.0. The van der Waals surface area contributed by atoms with Crippen LogP contribution in [-0.4, -0.2) is 33.3 Å². The average molecular weight is 302 g/mol. The summed E-state index contributed by atoms with van der Waals surface area (Å²) in [5, 5.41) is 5.27. The van der Waals surface area contributed by atoms with E-state index in [-0.39, 0.29) is 17.7 Å². The highest BCUT2D eigenvalue weighted by molar-refractivity contribution is 7.89. The highest BCUT2D eigenvalue weighted by Gasteiger charge is 2.22. The van der Waals surface area contributed by atoms with E-state index in [1.165, 1.54) is 4.88 Å². The van der Waals surface area contributed by atoms with Crippen molar-refractivity contribution >= 4 is 21.4 Å². The second-order valence-electron chi connectivity index (χ2n) is 5.30. The number of nitrogens with one attached hydrogen (secondary N) is 2. The van der Waals surface area contributed by atoms with Crippen LogP contribution in [0.1, 0.15) is 24.6 Å². The molecule has 2 heterocycles. The summed E-state index contributed by atoms with van der Waals surface area (Å²) in [5.41, 5.74) is 0. The van der Waals surface area contributed by atoms with E-state index in [1.54, 1.807) is 11.3 Å². The van der Waals surface area contributed by atoms with Crippen molar-refractivity contribution in [2.45, 2.75) is 32.2 Å². The van der Waals surface area contributed by atoms with E-state index in [9.17, 15) is 8.42 Å². The first-order valence-corrected chi connectivity index (χ1v) is 9.31. The van der Waals surface area contributed by atoms with Gasteiger partial charge in [0.2, 0.25) is 10.0 Å². The third-order valence-corrected chi connectivity index (χ3v) is 5.89.